The minimum absolute atomic E-state index is 0.266. The molecule has 1 aromatic carbocycles. The fourth-order valence-electron chi connectivity index (χ4n) is 2.90. The van der Waals surface area contributed by atoms with Gasteiger partial charge in [-0.15, -0.1) is 0 Å². The molecule has 0 bridgehead atoms. The van der Waals surface area contributed by atoms with Crippen LogP contribution in [0.5, 0.6) is 5.75 Å². The number of aromatic carboxylic acids is 1. The average Bonchev–Trinajstić information content (AvgIpc) is 2.42. The maximum atomic E-state index is 10.9. The number of ether oxygens (including phenoxy) is 1. The van der Waals surface area contributed by atoms with Gasteiger partial charge in [-0.3, -0.25) is 4.90 Å². The van der Waals surface area contributed by atoms with Crippen LogP contribution in [-0.2, 0) is 0 Å². The number of piperidine rings is 1. The van der Waals surface area contributed by atoms with E-state index in [9.17, 15) is 4.79 Å². The minimum Gasteiger partial charge on any atom is -0.492 e. The Morgan fingerprint density at radius 3 is 2.70 bits per heavy atom. The summed E-state index contributed by atoms with van der Waals surface area (Å²) in [5.41, 5.74) is 0.266. The molecular formula is C16H23NO3. The summed E-state index contributed by atoms with van der Waals surface area (Å²) in [5, 5.41) is 8.94. The fraction of sp³-hybridized carbons (Fsp3) is 0.562. The normalized spacial score (nSPS) is 23.5. The molecule has 0 aliphatic carbocycles. The first-order chi connectivity index (χ1) is 9.58. The maximum absolute atomic E-state index is 10.9. The molecule has 1 aliphatic rings. The van der Waals surface area contributed by atoms with Crippen LogP contribution in [0, 0.1) is 0 Å². The van der Waals surface area contributed by atoms with E-state index >= 15 is 0 Å². The van der Waals surface area contributed by atoms with Gasteiger partial charge in [-0.2, -0.15) is 0 Å². The lowest BCUT2D eigenvalue weighted by molar-refractivity contribution is 0.0696. The predicted octanol–water partition coefficient (Wildman–Crippen LogP) is 3.03. The van der Waals surface area contributed by atoms with Crippen LogP contribution >= 0.6 is 0 Å². The first-order valence-electron chi connectivity index (χ1n) is 7.30. The highest BCUT2D eigenvalue weighted by atomic mass is 16.5. The molecule has 0 saturated carbocycles. The monoisotopic (exact) mass is 277 g/mol. The predicted molar refractivity (Wildman–Crippen MR) is 78.4 cm³/mol. The molecule has 1 fully saturated rings. The molecule has 2 rings (SSSR count). The highest BCUT2D eigenvalue weighted by molar-refractivity contribution is 5.87. The smallest absolute Gasteiger partial charge is 0.335 e. The number of benzene rings is 1. The van der Waals surface area contributed by atoms with E-state index in [1.54, 1.807) is 24.3 Å². The summed E-state index contributed by atoms with van der Waals surface area (Å²) in [6.07, 6.45) is 3.80. The molecular weight excluding hydrogens is 254 g/mol. The van der Waals surface area contributed by atoms with Gasteiger partial charge in [0.25, 0.3) is 0 Å². The largest absolute Gasteiger partial charge is 0.492 e. The third kappa shape index (κ3) is 3.73. The van der Waals surface area contributed by atoms with Gasteiger partial charge in [0.15, 0.2) is 0 Å². The Kier molecular flexibility index (Phi) is 5.01. The van der Waals surface area contributed by atoms with Gasteiger partial charge >= 0.3 is 5.97 Å². The van der Waals surface area contributed by atoms with Crippen molar-refractivity contribution in [3.05, 3.63) is 29.8 Å². The zero-order valence-corrected chi connectivity index (χ0v) is 12.2. The van der Waals surface area contributed by atoms with E-state index in [0.717, 1.165) is 6.54 Å². The quantitative estimate of drug-likeness (QED) is 0.898. The zero-order chi connectivity index (χ0) is 14.5. The maximum Gasteiger partial charge on any atom is 0.335 e. The van der Waals surface area contributed by atoms with E-state index in [0.29, 0.717) is 24.4 Å². The zero-order valence-electron chi connectivity index (χ0n) is 12.2. The first-order valence-corrected chi connectivity index (χ1v) is 7.30. The second-order valence-electron chi connectivity index (χ2n) is 5.55. The van der Waals surface area contributed by atoms with Crippen molar-refractivity contribution in [2.75, 3.05) is 13.2 Å². The molecule has 110 valence electrons. The first kappa shape index (κ1) is 14.9. The SMILES string of the molecule is C[C@@H]1CCC[C@H](C)N1CCOc1cccc(C(=O)O)c1. The molecule has 1 aliphatic heterocycles. The number of hydrogen-bond donors (Lipinski definition) is 1. The van der Waals surface area contributed by atoms with Gasteiger partial charge in [0, 0.05) is 18.6 Å². The van der Waals surface area contributed by atoms with Crippen molar-refractivity contribution in [2.45, 2.75) is 45.2 Å². The van der Waals surface area contributed by atoms with Crippen LogP contribution < -0.4 is 4.74 Å². The number of carboxylic acids is 1. The van der Waals surface area contributed by atoms with Crippen molar-refractivity contribution < 1.29 is 14.6 Å². The Bertz CT molecular complexity index is 451. The number of carbonyl (C=O) groups is 1. The molecule has 4 heteroatoms. The van der Waals surface area contributed by atoms with Crippen molar-refractivity contribution in [1.82, 2.24) is 4.90 Å². The van der Waals surface area contributed by atoms with Crippen LogP contribution in [0.1, 0.15) is 43.5 Å². The summed E-state index contributed by atoms with van der Waals surface area (Å²) in [6.45, 7) is 6.01. The highest BCUT2D eigenvalue weighted by Gasteiger charge is 2.24. The molecule has 2 atom stereocenters. The van der Waals surface area contributed by atoms with Crippen molar-refractivity contribution in [3.63, 3.8) is 0 Å². The third-order valence-electron chi connectivity index (χ3n) is 4.08. The van der Waals surface area contributed by atoms with Gasteiger partial charge < -0.3 is 9.84 Å². The van der Waals surface area contributed by atoms with Crippen molar-refractivity contribution >= 4 is 5.97 Å². The van der Waals surface area contributed by atoms with Crippen LogP contribution in [0.15, 0.2) is 24.3 Å². The van der Waals surface area contributed by atoms with Gasteiger partial charge in [0.2, 0.25) is 0 Å². The van der Waals surface area contributed by atoms with Crippen molar-refractivity contribution in [2.24, 2.45) is 0 Å². The molecule has 1 aromatic rings. The van der Waals surface area contributed by atoms with E-state index in [2.05, 4.69) is 18.7 Å². The van der Waals surface area contributed by atoms with Crippen LogP contribution in [0.25, 0.3) is 0 Å². The second-order valence-corrected chi connectivity index (χ2v) is 5.55. The van der Waals surface area contributed by atoms with Gasteiger partial charge in [-0.1, -0.05) is 12.5 Å². The summed E-state index contributed by atoms with van der Waals surface area (Å²) >= 11 is 0. The Hall–Kier alpha value is -1.55. The molecule has 1 heterocycles. The van der Waals surface area contributed by atoms with Crippen LogP contribution in [0.2, 0.25) is 0 Å². The molecule has 0 aromatic heterocycles. The van der Waals surface area contributed by atoms with E-state index in [1.807, 2.05) is 0 Å². The number of rotatable bonds is 5. The van der Waals surface area contributed by atoms with E-state index in [-0.39, 0.29) is 5.56 Å². The van der Waals surface area contributed by atoms with Gasteiger partial charge in [0.05, 0.1) is 5.56 Å². The number of nitrogens with zero attached hydrogens (tertiary/aromatic N) is 1. The molecule has 0 radical (unpaired) electrons. The van der Waals surface area contributed by atoms with Crippen LogP contribution in [0.4, 0.5) is 0 Å². The summed E-state index contributed by atoms with van der Waals surface area (Å²) in [5.74, 6) is -0.295. The third-order valence-corrected chi connectivity index (χ3v) is 4.08. The number of likely N-dealkylation sites (tertiary alicyclic amines) is 1. The molecule has 1 N–H and O–H groups in total. The Morgan fingerprint density at radius 1 is 1.35 bits per heavy atom. The van der Waals surface area contributed by atoms with Gasteiger partial charge in [0.1, 0.15) is 12.4 Å². The van der Waals surface area contributed by atoms with Crippen molar-refractivity contribution in [1.29, 1.82) is 0 Å². The molecule has 4 nitrogen and oxygen atoms in total. The second kappa shape index (κ2) is 6.75. The lowest BCUT2D eigenvalue weighted by atomic mass is 9.98. The Morgan fingerprint density at radius 2 is 2.05 bits per heavy atom. The minimum atomic E-state index is -0.922. The highest BCUT2D eigenvalue weighted by Crippen LogP contribution is 2.22. The van der Waals surface area contributed by atoms with E-state index < -0.39 is 5.97 Å². The molecule has 0 spiro atoms. The lowest BCUT2D eigenvalue weighted by Crippen LogP contribution is -2.45. The summed E-state index contributed by atoms with van der Waals surface area (Å²) in [7, 11) is 0. The number of hydrogen-bond acceptors (Lipinski definition) is 3. The van der Waals surface area contributed by atoms with Crippen LogP contribution in [-0.4, -0.2) is 41.2 Å². The molecule has 0 unspecified atom stereocenters. The topological polar surface area (TPSA) is 49.8 Å². The summed E-state index contributed by atoms with van der Waals surface area (Å²) in [6, 6.07) is 7.87. The average molecular weight is 277 g/mol. The van der Waals surface area contributed by atoms with Crippen molar-refractivity contribution in [3.8, 4) is 5.75 Å². The molecule has 1 saturated heterocycles. The van der Waals surface area contributed by atoms with Crippen LogP contribution in [0.3, 0.4) is 0 Å². The van der Waals surface area contributed by atoms with E-state index in [4.69, 9.17) is 9.84 Å². The Balaban J connectivity index is 1.86. The lowest BCUT2D eigenvalue weighted by Gasteiger charge is -2.38. The standard InChI is InChI=1S/C16H23NO3/c1-12-5-3-6-13(2)17(12)9-10-20-15-8-4-7-14(11-15)16(18)19/h4,7-8,11-13H,3,5-6,9-10H2,1-2H3,(H,18,19)/t12-,13+. The Labute approximate surface area is 120 Å². The number of carboxylic acid groups (broad SMARTS) is 1. The van der Waals surface area contributed by atoms with Gasteiger partial charge in [-0.25, -0.2) is 4.79 Å². The molecule has 20 heavy (non-hydrogen) atoms. The van der Waals surface area contributed by atoms with E-state index in [1.165, 1.54) is 19.3 Å². The fourth-order valence-corrected chi connectivity index (χ4v) is 2.90. The summed E-state index contributed by atoms with van der Waals surface area (Å²) < 4.78 is 5.69. The van der Waals surface area contributed by atoms with Gasteiger partial charge in [-0.05, 0) is 44.9 Å². The molecule has 0 amide bonds. The summed E-state index contributed by atoms with van der Waals surface area (Å²) in [4.78, 5) is 13.4.